The lowest BCUT2D eigenvalue weighted by Crippen LogP contribution is -2.31. The summed E-state index contributed by atoms with van der Waals surface area (Å²) in [6.07, 6.45) is 5.19. The highest BCUT2D eigenvalue weighted by molar-refractivity contribution is 5.69. The normalized spacial score (nSPS) is 17.2. The minimum atomic E-state index is -0.263. The van der Waals surface area contributed by atoms with E-state index >= 15 is 0 Å². The van der Waals surface area contributed by atoms with Crippen molar-refractivity contribution in [1.29, 1.82) is 0 Å². The first-order chi connectivity index (χ1) is 11.7. The zero-order chi connectivity index (χ0) is 16.9. The molecule has 3 rings (SSSR count). The SMILES string of the molecule is CCCCOC(=O)N1CCCC1c1cc(-c2cccnc2C)no1. The fourth-order valence-electron chi connectivity index (χ4n) is 3.00. The van der Waals surface area contributed by atoms with Gasteiger partial charge in [-0.15, -0.1) is 0 Å². The largest absolute Gasteiger partial charge is 0.449 e. The van der Waals surface area contributed by atoms with Gasteiger partial charge in [-0.25, -0.2) is 4.79 Å². The van der Waals surface area contributed by atoms with Crippen LogP contribution in [0.15, 0.2) is 28.9 Å². The second-order valence-corrected chi connectivity index (χ2v) is 6.07. The second-order valence-electron chi connectivity index (χ2n) is 6.07. The fourth-order valence-corrected chi connectivity index (χ4v) is 3.00. The van der Waals surface area contributed by atoms with Gasteiger partial charge in [0.25, 0.3) is 0 Å². The van der Waals surface area contributed by atoms with Crippen LogP contribution in [0, 0.1) is 6.92 Å². The van der Waals surface area contributed by atoms with Gasteiger partial charge in [-0.3, -0.25) is 9.88 Å². The Kier molecular flexibility index (Phi) is 5.13. The van der Waals surface area contributed by atoms with Gasteiger partial charge in [0, 0.05) is 30.1 Å². The van der Waals surface area contributed by atoms with Gasteiger partial charge >= 0.3 is 6.09 Å². The highest BCUT2D eigenvalue weighted by Gasteiger charge is 2.34. The van der Waals surface area contributed by atoms with Gasteiger partial charge in [-0.05, 0) is 38.3 Å². The Hall–Kier alpha value is -2.37. The molecule has 128 valence electrons. The van der Waals surface area contributed by atoms with Crippen LogP contribution in [0.25, 0.3) is 11.3 Å². The van der Waals surface area contributed by atoms with Crippen molar-refractivity contribution >= 4 is 6.09 Å². The molecule has 0 aliphatic carbocycles. The first kappa shape index (κ1) is 16.5. The summed E-state index contributed by atoms with van der Waals surface area (Å²) < 4.78 is 10.9. The minimum absolute atomic E-state index is 0.0997. The Morgan fingerprint density at radius 3 is 3.17 bits per heavy atom. The molecule has 2 aromatic heterocycles. The molecule has 0 aromatic carbocycles. The maximum Gasteiger partial charge on any atom is 0.410 e. The van der Waals surface area contributed by atoms with Gasteiger partial charge in [0.2, 0.25) is 0 Å². The molecule has 1 atom stereocenters. The van der Waals surface area contributed by atoms with Gasteiger partial charge in [-0.1, -0.05) is 18.5 Å². The number of hydrogen-bond acceptors (Lipinski definition) is 5. The molecule has 0 bridgehead atoms. The molecule has 1 saturated heterocycles. The molecule has 1 aliphatic rings. The molecule has 1 amide bonds. The molecule has 0 N–H and O–H groups in total. The third-order valence-electron chi connectivity index (χ3n) is 4.35. The maximum absolute atomic E-state index is 12.3. The third kappa shape index (κ3) is 3.42. The van der Waals surface area contributed by atoms with Crippen molar-refractivity contribution in [2.45, 2.75) is 45.6 Å². The van der Waals surface area contributed by atoms with E-state index in [0.29, 0.717) is 18.9 Å². The van der Waals surface area contributed by atoms with Crippen molar-refractivity contribution in [2.75, 3.05) is 13.2 Å². The van der Waals surface area contributed by atoms with Gasteiger partial charge < -0.3 is 9.26 Å². The van der Waals surface area contributed by atoms with Crippen molar-refractivity contribution < 1.29 is 14.1 Å². The highest BCUT2D eigenvalue weighted by atomic mass is 16.6. The lowest BCUT2D eigenvalue weighted by molar-refractivity contribution is 0.0921. The first-order valence-electron chi connectivity index (χ1n) is 8.52. The monoisotopic (exact) mass is 329 g/mol. The van der Waals surface area contributed by atoms with Crippen molar-refractivity contribution in [3.63, 3.8) is 0 Å². The Bertz CT molecular complexity index is 698. The topological polar surface area (TPSA) is 68.5 Å². The molecule has 6 heteroatoms. The summed E-state index contributed by atoms with van der Waals surface area (Å²) >= 11 is 0. The van der Waals surface area contributed by atoms with Crippen LogP contribution in [0.5, 0.6) is 0 Å². The van der Waals surface area contributed by atoms with E-state index in [4.69, 9.17) is 9.26 Å². The van der Waals surface area contributed by atoms with E-state index in [1.165, 1.54) is 0 Å². The number of rotatable bonds is 5. The number of pyridine rings is 1. The number of aromatic nitrogens is 2. The van der Waals surface area contributed by atoms with E-state index < -0.39 is 0 Å². The molecule has 1 fully saturated rings. The number of nitrogens with zero attached hydrogens (tertiary/aromatic N) is 3. The van der Waals surface area contributed by atoms with Gasteiger partial charge in [0.1, 0.15) is 5.69 Å². The number of carbonyl (C=O) groups excluding carboxylic acids is 1. The summed E-state index contributed by atoms with van der Waals surface area (Å²) in [5.74, 6) is 0.707. The third-order valence-corrected chi connectivity index (χ3v) is 4.35. The van der Waals surface area contributed by atoms with E-state index in [0.717, 1.165) is 42.6 Å². The number of ether oxygens (including phenoxy) is 1. The molecular formula is C18H23N3O3. The van der Waals surface area contributed by atoms with Crippen LogP contribution in [-0.4, -0.2) is 34.3 Å². The summed E-state index contributed by atoms with van der Waals surface area (Å²) in [5, 5.41) is 4.17. The van der Waals surface area contributed by atoms with Crippen molar-refractivity contribution in [3.8, 4) is 11.3 Å². The maximum atomic E-state index is 12.3. The number of aryl methyl sites for hydroxylation is 1. The molecule has 0 spiro atoms. The predicted molar refractivity (Wildman–Crippen MR) is 89.4 cm³/mol. The lowest BCUT2D eigenvalue weighted by Gasteiger charge is -2.21. The summed E-state index contributed by atoms with van der Waals surface area (Å²) in [5.41, 5.74) is 2.60. The number of hydrogen-bond donors (Lipinski definition) is 0. The average molecular weight is 329 g/mol. The summed E-state index contributed by atoms with van der Waals surface area (Å²) in [7, 11) is 0. The quantitative estimate of drug-likeness (QED) is 0.772. The molecule has 0 saturated carbocycles. The highest BCUT2D eigenvalue weighted by Crippen LogP contribution is 2.34. The van der Waals surface area contributed by atoms with Crippen LogP contribution >= 0.6 is 0 Å². The zero-order valence-electron chi connectivity index (χ0n) is 14.2. The molecule has 3 heterocycles. The molecule has 6 nitrogen and oxygen atoms in total. The number of likely N-dealkylation sites (tertiary alicyclic amines) is 1. The van der Waals surface area contributed by atoms with E-state index in [1.807, 2.05) is 25.1 Å². The number of unbranched alkanes of at least 4 members (excludes halogenated alkanes) is 1. The van der Waals surface area contributed by atoms with Gasteiger partial charge in [0.15, 0.2) is 5.76 Å². The zero-order valence-corrected chi connectivity index (χ0v) is 14.2. The van der Waals surface area contributed by atoms with Crippen LogP contribution in [0.2, 0.25) is 0 Å². The van der Waals surface area contributed by atoms with Crippen LogP contribution in [0.1, 0.15) is 50.1 Å². The average Bonchev–Trinajstić information content (AvgIpc) is 3.24. The minimum Gasteiger partial charge on any atom is -0.449 e. The van der Waals surface area contributed by atoms with Gasteiger partial charge in [0.05, 0.1) is 12.6 Å². The summed E-state index contributed by atoms with van der Waals surface area (Å²) in [4.78, 5) is 18.3. The van der Waals surface area contributed by atoms with Crippen molar-refractivity contribution in [1.82, 2.24) is 15.0 Å². The second kappa shape index (κ2) is 7.47. The molecule has 2 aromatic rings. The molecule has 0 radical (unpaired) electrons. The molecule has 24 heavy (non-hydrogen) atoms. The molecule has 1 unspecified atom stereocenters. The summed E-state index contributed by atoms with van der Waals surface area (Å²) in [6.45, 7) is 5.17. The fraction of sp³-hybridized carbons (Fsp3) is 0.500. The number of amides is 1. The van der Waals surface area contributed by atoms with E-state index in [2.05, 4.69) is 17.1 Å². The van der Waals surface area contributed by atoms with Crippen molar-refractivity contribution in [2.24, 2.45) is 0 Å². The van der Waals surface area contributed by atoms with Crippen LogP contribution in [0.3, 0.4) is 0 Å². The van der Waals surface area contributed by atoms with Crippen LogP contribution in [0.4, 0.5) is 4.79 Å². The lowest BCUT2D eigenvalue weighted by atomic mass is 10.1. The number of carbonyl (C=O) groups is 1. The van der Waals surface area contributed by atoms with Crippen LogP contribution in [-0.2, 0) is 4.74 Å². The van der Waals surface area contributed by atoms with Crippen LogP contribution < -0.4 is 0 Å². The van der Waals surface area contributed by atoms with E-state index in [9.17, 15) is 4.79 Å². The Labute approximate surface area is 141 Å². The van der Waals surface area contributed by atoms with Crippen molar-refractivity contribution in [3.05, 3.63) is 35.9 Å². The predicted octanol–water partition coefficient (Wildman–Crippen LogP) is 4.12. The molecule has 1 aliphatic heterocycles. The van der Waals surface area contributed by atoms with E-state index in [1.54, 1.807) is 11.1 Å². The van der Waals surface area contributed by atoms with Gasteiger partial charge in [-0.2, -0.15) is 0 Å². The van der Waals surface area contributed by atoms with E-state index in [-0.39, 0.29) is 12.1 Å². The summed E-state index contributed by atoms with van der Waals surface area (Å²) in [6, 6.07) is 5.66. The molecular weight excluding hydrogens is 306 g/mol. The Morgan fingerprint density at radius 1 is 1.50 bits per heavy atom. The standard InChI is InChI=1S/C18H23N3O3/c1-3-4-11-23-18(22)21-10-6-8-16(21)17-12-15(20-24-17)14-7-5-9-19-13(14)2/h5,7,9,12,16H,3-4,6,8,10-11H2,1-2H3. The Morgan fingerprint density at radius 2 is 2.38 bits per heavy atom. The first-order valence-corrected chi connectivity index (χ1v) is 8.52. The Balaban J connectivity index is 1.74. The smallest absolute Gasteiger partial charge is 0.410 e.